The van der Waals surface area contributed by atoms with Gasteiger partial charge in [-0.3, -0.25) is 0 Å². The van der Waals surface area contributed by atoms with E-state index >= 15 is 0 Å². The molecule has 0 radical (unpaired) electrons. The number of rotatable bonds is 5. The summed E-state index contributed by atoms with van der Waals surface area (Å²) in [5.41, 5.74) is 1.00. The van der Waals surface area contributed by atoms with E-state index in [0.717, 1.165) is 12.0 Å². The van der Waals surface area contributed by atoms with Gasteiger partial charge in [-0.2, -0.15) is 0 Å². The Labute approximate surface area is 127 Å². The summed E-state index contributed by atoms with van der Waals surface area (Å²) in [4.78, 5) is 11.8. The van der Waals surface area contributed by atoms with Crippen LogP contribution >= 0.6 is 0 Å². The maximum atomic E-state index is 11.8. The van der Waals surface area contributed by atoms with Gasteiger partial charge in [0.1, 0.15) is 14.5 Å². The molecule has 1 aromatic carbocycles. The van der Waals surface area contributed by atoms with Gasteiger partial charge >= 0.3 is 5.97 Å². The highest BCUT2D eigenvalue weighted by atomic mass is 16.5. The van der Waals surface area contributed by atoms with Crippen LogP contribution in [0.25, 0.3) is 0 Å². The first kappa shape index (κ1) is 15.8. The Morgan fingerprint density at radius 2 is 2.10 bits per heavy atom. The molecule has 0 N–H and O–H groups in total. The number of carbonyl (C=O) groups is 1. The normalized spacial score (nSPS) is 28.9. The first-order chi connectivity index (χ1) is 10.1. The van der Waals surface area contributed by atoms with Gasteiger partial charge in [0.25, 0.3) is 0 Å². The molecule has 4 heteroatoms. The second-order valence-electron chi connectivity index (χ2n) is 5.89. The molecule has 0 saturated heterocycles. The molecule has 1 aliphatic rings. The Bertz CT molecular complexity index is 486. The lowest BCUT2D eigenvalue weighted by Gasteiger charge is -2.19. The van der Waals surface area contributed by atoms with Gasteiger partial charge in [0.15, 0.2) is 0 Å². The number of benzene rings is 1. The molecule has 2 rings (SSSR count). The fourth-order valence-electron chi connectivity index (χ4n) is 3.22. The predicted octanol–water partition coefficient (Wildman–Crippen LogP) is 2.38. The minimum absolute atomic E-state index is 0.278. The summed E-state index contributed by atoms with van der Waals surface area (Å²) in [6, 6.07) is 9.71. The van der Waals surface area contributed by atoms with Gasteiger partial charge in [0.05, 0.1) is 6.10 Å². The fraction of sp³-hybridized carbons (Fsp3) is 0.471. The van der Waals surface area contributed by atoms with E-state index in [2.05, 4.69) is 14.8 Å². The highest BCUT2D eigenvalue weighted by Crippen LogP contribution is 2.40. The van der Waals surface area contributed by atoms with Crippen molar-refractivity contribution in [3.63, 3.8) is 0 Å². The first-order valence-corrected chi connectivity index (χ1v) is 7.53. The number of ether oxygens (including phenoxy) is 2. The van der Waals surface area contributed by atoms with E-state index in [0.29, 0.717) is 24.3 Å². The highest BCUT2D eigenvalue weighted by molar-refractivity contribution is 6.12. The van der Waals surface area contributed by atoms with E-state index in [1.807, 2.05) is 36.4 Å². The molecular weight excluding hydrogens is 263 g/mol. The van der Waals surface area contributed by atoms with Crippen molar-refractivity contribution in [3.05, 3.63) is 48.0 Å². The molecule has 0 amide bonds. The summed E-state index contributed by atoms with van der Waals surface area (Å²) in [5, 5.41) is 0. The van der Waals surface area contributed by atoms with E-state index in [1.165, 1.54) is 0 Å². The molecule has 0 bridgehead atoms. The smallest absolute Gasteiger partial charge is 0.330 e. The van der Waals surface area contributed by atoms with Gasteiger partial charge in [-0.05, 0) is 29.6 Å². The third-order valence-electron chi connectivity index (χ3n) is 4.37. The van der Waals surface area contributed by atoms with E-state index in [4.69, 9.17) is 9.47 Å². The maximum absolute atomic E-state index is 11.8. The van der Waals surface area contributed by atoms with Crippen molar-refractivity contribution in [2.24, 2.45) is 11.8 Å². The van der Waals surface area contributed by atoms with Gasteiger partial charge in [-0.25, -0.2) is 4.79 Å². The molecule has 112 valence electrons. The van der Waals surface area contributed by atoms with Crippen LogP contribution in [0.2, 0.25) is 5.82 Å². The first-order valence-electron chi connectivity index (χ1n) is 7.53. The topological polar surface area (TPSA) is 35.5 Å². The van der Waals surface area contributed by atoms with Crippen LogP contribution in [0.3, 0.4) is 0 Å². The van der Waals surface area contributed by atoms with Gasteiger partial charge in [0, 0.05) is 13.2 Å². The Morgan fingerprint density at radius 3 is 2.71 bits per heavy atom. The van der Waals surface area contributed by atoms with Crippen molar-refractivity contribution >= 4 is 13.8 Å². The second kappa shape index (κ2) is 7.46. The molecule has 4 atom stereocenters. The monoisotopic (exact) mass is 286 g/mol. The average molecular weight is 286 g/mol. The second-order valence-corrected chi connectivity index (χ2v) is 5.89. The Morgan fingerprint density at radius 1 is 1.38 bits per heavy atom. The van der Waals surface area contributed by atoms with E-state index in [9.17, 15) is 4.79 Å². The van der Waals surface area contributed by atoms with Crippen molar-refractivity contribution in [3.8, 4) is 0 Å². The molecule has 0 aromatic heterocycles. The molecule has 1 fully saturated rings. The Kier molecular flexibility index (Phi) is 5.63. The number of allylic oxidation sites excluding steroid dienone is 1. The van der Waals surface area contributed by atoms with Crippen LogP contribution in [0.4, 0.5) is 0 Å². The van der Waals surface area contributed by atoms with Gasteiger partial charge in [0.2, 0.25) is 0 Å². The zero-order valence-corrected chi connectivity index (χ0v) is 13.0. The van der Waals surface area contributed by atoms with Crippen LogP contribution in [0.15, 0.2) is 42.5 Å². The van der Waals surface area contributed by atoms with Crippen LogP contribution in [0.1, 0.15) is 18.9 Å². The minimum atomic E-state index is -0.278. The molecule has 1 aliphatic carbocycles. The third kappa shape index (κ3) is 4.21. The van der Waals surface area contributed by atoms with Crippen LogP contribution in [-0.4, -0.2) is 27.0 Å². The SMILES string of the molecule is BC1CC(/C=C/C(=O)OCc2ccccc2)C(C)C1OC. The Balaban J connectivity index is 1.82. The summed E-state index contributed by atoms with van der Waals surface area (Å²) in [5.74, 6) is 1.07. The summed E-state index contributed by atoms with van der Waals surface area (Å²) in [6.45, 7) is 2.50. The molecule has 0 heterocycles. The van der Waals surface area contributed by atoms with Gasteiger partial charge in [-0.1, -0.05) is 43.3 Å². The molecule has 0 aliphatic heterocycles. The van der Waals surface area contributed by atoms with E-state index in [-0.39, 0.29) is 12.1 Å². The lowest BCUT2D eigenvalue weighted by Crippen LogP contribution is -2.20. The van der Waals surface area contributed by atoms with E-state index < -0.39 is 0 Å². The lowest BCUT2D eigenvalue weighted by molar-refractivity contribution is -0.139. The zero-order valence-electron chi connectivity index (χ0n) is 13.0. The van der Waals surface area contributed by atoms with Crippen LogP contribution < -0.4 is 0 Å². The molecular formula is C17H23BO3. The molecule has 1 saturated carbocycles. The summed E-state index contributed by atoms with van der Waals surface area (Å²) < 4.78 is 10.8. The lowest BCUT2D eigenvalue weighted by atomic mass is 9.83. The van der Waals surface area contributed by atoms with Crippen molar-refractivity contribution in [2.75, 3.05) is 7.11 Å². The quantitative estimate of drug-likeness (QED) is 0.473. The van der Waals surface area contributed by atoms with Crippen LogP contribution in [0, 0.1) is 11.8 Å². The largest absolute Gasteiger partial charge is 0.458 e. The number of esters is 1. The fourth-order valence-corrected chi connectivity index (χ4v) is 3.22. The zero-order chi connectivity index (χ0) is 15.2. The molecule has 1 aromatic rings. The van der Waals surface area contributed by atoms with Crippen LogP contribution in [0.5, 0.6) is 0 Å². The summed E-state index contributed by atoms with van der Waals surface area (Å²) in [7, 11) is 3.96. The van der Waals surface area contributed by atoms with Gasteiger partial charge in [-0.15, -0.1) is 0 Å². The minimum Gasteiger partial charge on any atom is -0.458 e. The summed E-state index contributed by atoms with van der Waals surface area (Å²) >= 11 is 0. The average Bonchev–Trinajstić information content (AvgIpc) is 2.77. The number of hydrogen-bond acceptors (Lipinski definition) is 3. The molecule has 4 unspecified atom stereocenters. The van der Waals surface area contributed by atoms with Crippen molar-refractivity contribution in [2.45, 2.75) is 31.9 Å². The summed E-state index contributed by atoms with van der Waals surface area (Å²) in [6.07, 6.45) is 4.88. The number of hydrogen-bond donors (Lipinski definition) is 0. The molecule has 0 spiro atoms. The van der Waals surface area contributed by atoms with E-state index in [1.54, 1.807) is 13.2 Å². The molecule has 21 heavy (non-hydrogen) atoms. The number of methoxy groups -OCH3 is 1. The van der Waals surface area contributed by atoms with Gasteiger partial charge < -0.3 is 9.47 Å². The van der Waals surface area contributed by atoms with Crippen LogP contribution in [-0.2, 0) is 20.9 Å². The van der Waals surface area contributed by atoms with Crippen molar-refractivity contribution in [1.82, 2.24) is 0 Å². The van der Waals surface area contributed by atoms with Crippen molar-refractivity contribution in [1.29, 1.82) is 0 Å². The predicted molar refractivity (Wildman–Crippen MR) is 85.7 cm³/mol. The maximum Gasteiger partial charge on any atom is 0.330 e. The Hall–Kier alpha value is -1.55. The third-order valence-corrected chi connectivity index (χ3v) is 4.37. The van der Waals surface area contributed by atoms with Crippen molar-refractivity contribution < 1.29 is 14.3 Å². The number of carbonyl (C=O) groups excluding carboxylic acids is 1. The standard InChI is InChI=1S/C17H23BO3/c1-12-14(10-15(18)17(12)20-2)8-9-16(19)21-11-13-6-4-3-5-7-13/h3-9,12,14-15,17H,10-11,18H2,1-2H3/b9-8+. The molecule has 3 nitrogen and oxygen atoms in total. The highest BCUT2D eigenvalue weighted by Gasteiger charge is 2.36.